The molecule has 0 unspecified atom stereocenters. The zero-order valence-corrected chi connectivity index (χ0v) is 19.4. The number of carbonyl (C=O) groups is 1. The minimum Gasteiger partial charge on any atom is -0.335 e. The number of nitrogens with one attached hydrogen (secondary N) is 1. The number of piperazine rings is 1. The molecule has 2 heterocycles. The molecule has 7 nitrogen and oxygen atoms in total. The van der Waals surface area contributed by atoms with Crippen LogP contribution in [0.1, 0.15) is 36.8 Å². The fourth-order valence-corrected chi connectivity index (χ4v) is 5.19. The first kappa shape index (κ1) is 22.2. The lowest BCUT2D eigenvalue weighted by molar-refractivity contribution is 0.0692. The van der Waals surface area contributed by atoms with Crippen LogP contribution in [0.5, 0.6) is 0 Å². The Bertz CT molecular complexity index is 1190. The molecule has 0 bridgehead atoms. The van der Waals surface area contributed by atoms with Gasteiger partial charge in [-0.3, -0.25) is 9.89 Å². The van der Waals surface area contributed by atoms with Crippen molar-refractivity contribution in [1.29, 1.82) is 0 Å². The third-order valence-corrected chi connectivity index (χ3v) is 7.67. The Morgan fingerprint density at radius 3 is 2.16 bits per heavy atom. The summed E-state index contributed by atoms with van der Waals surface area (Å²) >= 11 is 0. The number of rotatable bonds is 4. The van der Waals surface area contributed by atoms with E-state index in [9.17, 15) is 13.2 Å². The Labute approximate surface area is 189 Å². The highest BCUT2D eigenvalue weighted by molar-refractivity contribution is 7.89. The van der Waals surface area contributed by atoms with Gasteiger partial charge in [0.15, 0.2) is 0 Å². The first-order valence-electron chi connectivity index (χ1n) is 10.7. The molecule has 3 aromatic rings. The summed E-state index contributed by atoms with van der Waals surface area (Å²) in [6, 6.07) is 18.4. The Kier molecular flexibility index (Phi) is 5.92. The van der Waals surface area contributed by atoms with E-state index in [1.807, 2.05) is 42.5 Å². The van der Waals surface area contributed by atoms with Gasteiger partial charge in [-0.2, -0.15) is 9.40 Å². The van der Waals surface area contributed by atoms with Crippen molar-refractivity contribution in [3.05, 3.63) is 71.9 Å². The first-order valence-corrected chi connectivity index (χ1v) is 12.1. The molecule has 0 atom stereocenters. The van der Waals surface area contributed by atoms with Crippen molar-refractivity contribution in [3.63, 3.8) is 0 Å². The number of aromatic nitrogens is 2. The molecule has 32 heavy (non-hydrogen) atoms. The predicted octanol–water partition coefficient (Wildman–Crippen LogP) is 3.52. The molecular formula is C24H28N4O3S. The molecule has 1 aromatic heterocycles. The zero-order valence-electron chi connectivity index (χ0n) is 18.6. The largest absolute Gasteiger partial charge is 0.335 e. The highest BCUT2D eigenvalue weighted by Gasteiger charge is 2.31. The Hall–Kier alpha value is -2.97. The number of nitrogens with zero attached hydrogens (tertiary/aromatic N) is 3. The summed E-state index contributed by atoms with van der Waals surface area (Å²) in [6.07, 6.45) is 0. The maximum absolute atomic E-state index is 13.1. The van der Waals surface area contributed by atoms with Gasteiger partial charge in [-0.05, 0) is 29.2 Å². The zero-order chi connectivity index (χ0) is 22.9. The molecule has 1 N–H and O–H groups in total. The van der Waals surface area contributed by atoms with Gasteiger partial charge >= 0.3 is 0 Å². The molecule has 4 rings (SSSR count). The summed E-state index contributed by atoms with van der Waals surface area (Å²) in [5.41, 5.74) is 3.07. The number of hydrogen-bond donors (Lipinski definition) is 1. The third-order valence-electron chi connectivity index (χ3n) is 5.76. The monoisotopic (exact) mass is 452 g/mol. The van der Waals surface area contributed by atoms with Crippen molar-refractivity contribution < 1.29 is 13.2 Å². The summed E-state index contributed by atoms with van der Waals surface area (Å²) < 4.78 is 27.6. The van der Waals surface area contributed by atoms with Gasteiger partial charge in [-0.1, -0.05) is 63.2 Å². The molecule has 1 fully saturated rings. The van der Waals surface area contributed by atoms with Gasteiger partial charge in [-0.25, -0.2) is 8.42 Å². The number of H-pyrrole nitrogens is 1. The number of aromatic amines is 1. The summed E-state index contributed by atoms with van der Waals surface area (Å²) in [4.78, 5) is 14.8. The van der Waals surface area contributed by atoms with E-state index in [-0.39, 0.29) is 29.3 Å². The number of hydrogen-bond acceptors (Lipinski definition) is 4. The standard InChI is InChI=1S/C24H28N4O3S/c1-24(2,3)19-9-11-20(12-10-19)32(30,31)28-15-13-27(14-16-28)23(29)22-17-21(25-26-22)18-7-5-4-6-8-18/h4-12,17H,13-16H2,1-3H3,(H,25,26). The Balaban J connectivity index is 1.41. The molecule has 2 aromatic carbocycles. The summed E-state index contributed by atoms with van der Waals surface area (Å²) in [5, 5.41) is 7.05. The molecule has 8 heteroatoms. The van der Waals surface area contributed by atoms with Gasteiger partial charge in [0.1, 0.15) is 5.69 Å². The summed E-state index contributed by atoms with van der Waals surface area (Å²) in [5.74, 6) is -0.175. The van der Waals surface area contributed by atoms with E-state index in [2.05, 4.69) is 31.0 Å². The predicted molar refractivity (Wildman–Crippen MR) is 124 cm³/mol. The Morgan fingerprint density at radius 2 is 1.56 bits per heavy atom. The van der Waals surface area contributed by atoms with Crippen LogP contribution >= 0.6 is 0 Å². The van der Waals surface area contributed by atoms with Gasteiger partial charge in [0.2, 0.25) is 10.0 Å². The van der Waals surface area contributed by atoms with Gasteiger partial charge in [-0.15, -0.1) is 0 Å². The number of carbonyl (C=O) groups excluding carboxylic acids is 1. The highest BCUT2D eigenvalue weighted by atomic mass is 32.2. The average molecular weight is 453 g/mol. The molecule has 1 amide bonds. The molecule has 1 aliphatic rings. The van der Waals surface area contributed by atoms with Gasteiger partial charge in [0.25, 0.3) is 5.91 Å². The van der Waals surface area contributed by atoms with Gasteiger partial charge in [0, 0.05) is 31.7 Å². The minimum atomic E-state index is -3.59. The second-order valence-corrected chi connectivity index (χ2v) is 10.9. The SMILES string of the molecule is CC(C)(C)c1ccc(S(=O)(=O)N2CCN(C(=O)c3cc(-c4ccccc4)n[nH]3)CC2)cc1. The van der Waals surface area contributed by atoms with E-state index in [1.165, 1.54) is 4.31 Å². The minimum absolute atomic E-state index is 0.0403. The van der Waals surface area contributed by atoms with E-state index in [4.69, 9.17) is 0 Å². The van der Waals surface area contributed by atoms with Crippen molar-refractivity contribution in [2.75, 3.05) is 26.2 Å². The normalized spacial score (nSPS) is 15.7. The van der Waals surface area contributed by atoms with Crippen molar-refractivity contribution in [2.45, 2.75) is 31.1 Å². The topological polar surface area (TPSA) is 86.4 Å². The van der Waals surface area contributed by atoms with Crippen molar-refractivity contribution in [2.24, 2.45) is 0 Å². The molecule has 0 radical (unpaired) electrons. The van der Waals surface area contributed by atoms with Crippen LogP contribution in [0, 0.1) is 0 Å². The molecule has 168 valence electrons. The fourth-order valence-electron chi connectivity index (χ4n) is 3.77. The van der Waals surface area contributed by atoms with Crippen LogP contribution in [0.3, 0.4) is 0 Å². The first-order chi connectivity index (χ1) is 15.2. The maximum Gasteiger partial charge on any atom is 0.271 e. The number of sulfonamides is 1. The van der Waals surface area contributed by atoms with Crippen LogP contribution in [-0.2, 0) is 15.4 Å². The van der Waals surface area contributed by atoms with Crippen LogP contribution in [-0.4, -0.2) is 59.9 Å². The van der Waals surface area contributed by atoms with Crippen LogP contribution in [0.15, 0.2) is 65.6 Å². The average Bonchev–Trinajstić information content (AvgIpc) is 3.29. The summed E-state index contributed by atoms with van der Waals surface area (Å²) in [6.45, 7) is 7.46. The van der Waals surface area contributed by atoms with E-state index < -0.39 is 10.0 Å². The van der Waals surface area contributed by atoms with Crippen molar-refractivity contribution in [3.8, 4) is 11.3 Å². The maximum atomic E-state index is 13.1. The molecule has 0 aliphatic carbocycles. The van der Waals surface area contributed by atoms with E-state index in [0.29, 0.717) is 24.5 Å². The van der Waals surface area contributed by atoms with E-state index in [0.717, 1.165) is 11.1 Å². The van der Waals surface area contributed by atoms with Gasteiger partial charge in [0.05, 0.1) is 10.6 Å². The highest BCUT2D eigenvalue weighted by Crippen LogP contribution is 2.25. The van der Waals surface area contributed by atoms with Crippen molar-refractivity contribution >= 4 is 15.9 Å². The second kappa shape index (κ2) is 8.52. The molecule has 1 aliphatic heterocycles. The van der Waals surface area contributed by atoms with Crippen LogP contribution < -0.4 is 0 Å². The third kappa shape index (κ3) is 4.47. The lowest BCUT2D eigenvalue weighted by Gasteiger charge is -2.33. The molecule has 1 saturated heterocycles. The molecule has 0 spiro atoms. The van der Waals surface area contributed by atoms with E-state index in [1.54, 1.807) is 23.1 Å². The van der Waals surface area contributed by atoms with Gasteiger partial charge < -0.3 is 4.90 Å². The molecular weight excluding hydrogens is 424 g/mol. The van der Waals surface area contributed by atoms with E-state index >= 15 is 0 Å². The Morgan fingerprint density at radius 1 is 0.938 bits per heavy atom. The quantitative estimate of drug-likeness (QED) is 0.656. The molecule has 0 saturated carbocycles. The van der Waals surface area contributed by atoms with Crippen LogP contribution in [0.4, 0.5) is 0 Å². The second-order valence-electron chi connectivity index (χ2n) is 9.00. The smallest absolute Gasteiger partial charge is 0.271 e. The van der Waals surface area contributed by atoms with Crippen LogP contribution in [0.2, 0.25) is 0 Å². The van der Waals surface area contributed by atoms with Crippen LogP contribution in [0.25, 0.3) is 11.3 Å². The summed E-state index contributed by atoms with van der Waals surface area (Å²) in [7, 11) is -3.59. The lowest BCUT2D eigenvalue weighted by Crippen LogP contribution is -2.50. The fraction of sp³-hybridized carbons (Fsp3) is 0.333. The number of amides is 1. The number of benzene rings is 2. The van der Waals surface area contributed by atoms with Crippen molar-refractivity contribution in [1.82, 2.24) is 19.4 Å². The lowest BCUT2D eigenvalue weighted by atomic mass is 9.87.